The van der Waals surface area contributed by atoms with Gasteiger partial charge in [0, 0.05) is 37.7 Å². The molecule has 2 aliphatic rings. The highest BCUT2D eigenvalue weighted by atomic mass is 16.5. The van der Waals surface area contributed by atoms with Gasteiger partial charge in [0.05, 0.1) is 20.1 Å². The molecule has 8 heteroatoms. The molecule has 3 N–H and O–H groups in total. The third-order valence-corrected chi connectivity index (χ3v) is 5.27. The molecule has 2 aliphatic heterocycles. The van der Waals surface area contributed by atoms with Crippen molar-refractivity contribution in [2.45, 2.75) is 31.8 Å². The molecule has 3 rings (SSSR count). The Morgan fingerprint density at radius 1 is 1.33 bits per heavy atom. The molecule has 2 fully saturated rings. The summed E-state index contributed by atoms with van der Waals surface area (Å²) in [5.41, 5.74) is 6.44. The second-order valence-electron chi connectivity index (χ2n) is 7.02. The van der Waals surface area contributed by atoms with Crippen LogP contribution >= 0.6 is 0 Å². The number of likely N-dealkylation sites (tertiary alicyclic amines) is 1. The van der Waals surface area contributed by atoms with Gasteiger partial charge in [0.2, 0.25) is 11.8 Å². The van der Waals surface area contributed by atoms with Crippen LogP contribution in [-0.4, -0.2) is 56.6 Å². The Morgan fingerprint density at radius 3 is 2.93 bits per heavy atom. The van der Waals surface area contributed by atoms with Gasteiger partial charge >= 0.3 is 0 Å². The molecular formula is C19H28N4O4. The smallest absolute Gasteiger partial charge is 0.235 e. The van der Waals surface area contributed by atoms with Crippen LogP contribution in [0.1, 0.15) is 24.8 Å². The molecule has 0 saturated carbocycles. The summed E-state index contributed by atoms with van der Waals surface area (Å²) in [6, 6.07) is 5.69. The summed E-state index contributed by atoms with van der Waals surface area (Å²) in [7, 11) is 3.22. The molecule has 1 aromatic rings. The molecule has 2 amide bonds. The third-order valence-electron chi connectivity index (χ3n) is 5.27. The highest BCUT2D eigenvalue weighted by Crippen LogP contribution is 2.25. The lowest BCUT2D eigenvalue weighted by molar-refractivity contribution is -0.128. The van der Waals surface area contributed by atoms with Crippen molar-refractivity contribution in [3.8, 4) is 11.5 Å². The van der Waals surface area contributed by atoms with Crippen molar-refractivity contribution in [3.63, 3.8) is 0 Å². The van der Waals surface area contributed by atoms with E-state index in [0.717, 1.165) is 36.4 Å². The number of carbonyl (C=O) groups is 2. The Bertz CT molecular complexity index is 682. The normalized spacial score (nSPS) is 23.4. The maximum atomic E-state index is 12.7. The second kappa shape index (κ2) is 9.05. The van der Waals surface area contributed by atoms with Crippen molar-refractivity contribution in [1.82, 2.24) is 21.1 Å². The first-order valence-electron chi connectivity index (χ1n) is 9.35. The number of benzene rings is 1. The second-order valence-corrected chi connectivity index (χ2v) is 7.02. The minimum Gasteiger partial charge on any atom is -0.497 e. The monoisotopic (exact) mass is 376 g/mol. The number of amides is 2. The van der Waals surface area contributed by atoms with Crippen LogP contribution in [0.15, 0.2) is 18.2 Å². The van der Waals surface area contributed by atoms with E-state index in [1.807, 2.05) is 18.2 Å². The number of hydrazine groups is 1. The van der Waals surface area contributed by atoms with Gasteiger partial charge in [-0.3, -0.25) is 19.9 Å². The summed E-state index contributed by atoms with van der Waals surface area (Å²) in [4.78, 5) is 26.6. The van der Waals surface area contributed by atoms with Crippen LogP contribution in [0, 0.1) is 5.92 Å². The number of nitrogens with zero attached hydrogens (tertiary/aromatic N) is 1. The Morgan fingerprint density at radius 2 is 2.19 bits per heavy atom. The maximum Gasteiger partial charge on any atom is 0.235 e. The van der Waals surface area contributed by atoms with Gasteiger partial charge in [-0.15, -0.1) is 0 Å². The first kappa shape index (κ1) is 19.4. The molecule has 2 atom stereocenters. The minimum atomic E-state index is -0.0691. The first-order chi connectivity index (χ1) is 13.1. The maximum absolute atomic E-state index is 12.7. The van der Waals surface area contributed by atoms with E-state index in [2.05, 4.69) is 21.1 Å². The van der Waals surface area contributed by atoms with E-state index in [-0.39, 0.29) is 23.8 Å². The van der Waals surface area contributed by atoms with Crippen LogP contribution < -0.4 is 25.6 Å². The molecule has 1 aromatic carbocycles. The summed E-state index contributed by atoms with van der Waals surface area (Å²) in [5, 5.41) is 3.03. The molecule has 2 unspecified atom stereocenters. The molecule has 0 bridgehead atoms. The summed E-state index contributed by atoms with van der Waals surface area (Å²) in [6.07, 6.45) is 2.30. The largest absolute Gasteiger partial charge is 0.497 e. The predicted molar refractivity (Wildman–Crippen MR) is 100 cm³/mol. The number of hydrogen-bond donors (Lipinski definition) is 3. The van der Waals surface area contributed by atoms with E-state index in [9.17, 15) is 9.59 Å². The van der Waals surface area contributed by atoms with Gasteiger partial charge in [-0.1, -0.05) is 0 Å². The van der Waals surface area contributed by atoms with Crippen LogP contribution in [0.25, 0.3) is 0 Å². The van der Waals surface area contributed by atoms with E-state index in [1.165, 1.54) is 0 Å². The summed E-state index contributed by atoms with van der Waals surface area (Å²) >= 11 is 0. The van der Waals surface area contributed by atoms with E-state index in [1.54, 1.807) is 14.2 Å². The highest BCUT2D eigenvalue weighted by Gasteiger charge is 2.32. The van der Waals surface area contributed by atoms with E-state index < -0.39 is 0 Å². The minimum absolute atomic E-state index is 0.00273. The first-order valence-corrected chi connectivity index (χ1v) is 9.35. The molecule has 27 heavy (non-hydrogen) atoms. The van der Waals surface area contributed by atoms with Gasteiger partial charge in [-0.05, 0) is 37.6 Å². The zero-order valence-electron chi connectivity index (χ0n) is 15.9. The zero-order valence-corrected chi connectivity index (χ0v) is 15.9. The number of carbonyl (C=O) groups excluding carboxylic acids is 2. The molecule has 0 spiro atoms. The van der Waals surface area contributed by atoms with Crippen molar-refractivity contribution in [2.24, 2.45) is 5.92 Å². The fourth-order valence-corrected chi connectivity index (χ4v) is 3.76. The lowest BCUT2D eigenvalue weighted by Crippen LogP contribution is -2.57. The van der Waals surface area contributed by atoms with Crippen LogP contribution in [0.2, 0.25) is 0 Å². The van der Waals surface area contributed by atoms with Crippen molar-refractivity contribution in [2.75, 3.05) is 33.9 Å². The van der Waals surface area contributed by atoms with Crippen molar-refractivity contribution in [1.29, 1.82) is 0 Å². The van der Waals surface area contributed by atoms with Crippen LogP contribution in [0.5, 0.6) is 11.5 Å². The molecule has 8 nitrogen and oxygen atoms in total. The zero-order chi connectivity index (χ0) is 19.2. The number of rotatable bonds is 6. The molecule has 0 aromatic heterocycles. The van der Waals surface area contributed by atoms with Gasteiger partial charge < -0.3 is 14.8 Å². The van der Waals surface area contributed by atoms with Gasteiger partial charge in [0.25, 0.3) is 0 Å². The van der Waals surface area contributed by atoms with Gasteiger partial charge in [0.15, 0.2) is 0 Å². The Labute approximate surface area is 159 Å². The number of methoxy groups -OCH3 is 2. The quantitative estimate of drug-likeness (QED) is 0.667. The molecular weight excluding hydrogens is 348 g/mol. The number of hydrogen-bond acceptors (Lipinski definition) is 6. The molecule has 0 radical (unpaired) electrons. The van der Waals surface area contributed by atoms with Gasteiger partial charge in [-0.2, -0.15) is 0 Å². The van der Waals surface area contributed by atoms with Crippen molar-refractivity contribution < 1.29 is 19.1 Å². The topological polar surface area (TPSA) is 91.9 Å². The summed E-state index contributed by atoms with van der Waals surface area (Å²) in [5.74, 6) is 1.42. The molecule has 2 heterocycles. The Hall–Kier alpha value is -2.32. The SMILES string of the molecule is COc1ccc(OC)c(CNC(=O)C2CCCN(C3CNNC(=O)C3)C2)c1. The van der Waals surface area contributed by atoms with Crippen LogP contribution in [-0.2, 0) is 16.1 Å². The number of piperidine rings is 1. The van der Waals surface area contributed by atoms with Gasteiger partial charge in [0.1, 0.15) is 11.5 Å². The van der Waals surface area contributed by atoms with E-state index >= 15 is 0 Å². The van der Waals surface area contributed by atoms with Crippen LogP contribution in [0.3, 0.4) is 0 Å². The summed E-state index contributed by atoms with van der Waals surface area (Å²) in [6.45, 7) is 2.71. The van der Waals surface area contributed by atoms with Crippen molar-refractivity contribution in [3.05, 3.63) is 23.8 Å². The predicted octanol–water partition coefficient (Wildman–Crippen LogP) is 0.425. The Balaban J connectivity index is 1.57. The Kier molecular flexibility index (Phi) is 6.52. The lowest BCUT2D eigenvalue weighted by Gasteiger charge is -2.39. The highest BCUT2D eigenvalue weighted by molar-refractivity contribution is 5.79. The van der Waals surface area contributed by atoms with E-state index in [4.69, 9.17) is 9.47 Å². The number of ether oxygens (including phenoxy) is 2. The van der Waals surface area contributed by atoms with Gasteiger partial charge in [-0.25, -0.2) is 5.43 Å². The fraction of sp³-hybridized carbons (Fsp3) is 0.579. The average molecular weight is 376 g/mol. The summed E-state index contributed by atoms with van der Waals surface area (Å²) < 4.78 is 10.6. The standard InChI is InChI=1S/C19H28N4O4/c1-26-16-5-6-17(27-2)14(8-16)10-20-19(25)13-4-3-7-23(12-13)15-9-18(24)22-21-11-15/h5-6,8,13,15,21H,3-4,7,9-12H2,1-2H3,(H,20,25)(H,22,24). The molecule has 148 valence electrons. The fourth-order valence-electron chi connectivity index (χ4n) is 3.76. The number of nitrogens with one attached hydrogen (secondary N) is 3. The molecule has 0 aliphatic carbocycles. The van der Waals surface area contributed by atoms with Crippen molar-refractivity contribution >= 4 is 11.8 Å². The van der Waals surface area contributed by atoms with Crippen LogP contribution in [0.4, 0.5) is 0 Å². The van der Waals surface area contributed by atoms with E-state index in [0.29, 0.717) is 26.1 Å². The third kappa shape index (κ3) is 4.90. The average Bonchev–Trinajstić information content (AvgIpc) is 2.71. The molecule has 2 saturated heterocycles. The lowest BCUT2D eigenvalue weighted by atomic mass is 9.94.